The number of carbonyl (C=O) groups is 3. The van der Waals surface area contributed by atoms with Crippen LogP contribution in [0.25, 0.3) is 44.5 Å². The van der Waals surface area contributed by atoms with E-state index in [1.54, 1.807) is 60.9 Å². The first-order valence-electron chi connectivity index (χ1n) is 25.2. The van der Waals surface area contributed by atoms with Crippen molar-refractivity contribution >= 4 is 98.8 Å². The van der Waals surface area contributed by atoms with Crippen LogP contribution in [0.1, 0.15) is 60.6 Å². The molecule has 1 aliphatic carbocycles. The highest BCUT2D eigenvalue weighted by molar-refractivity contribution is 9.11. The summed E-state index contributed by atoms with van der Waals surface area (Å²) >= 11 is 9.65. The summed E-state index contributed by atoms with van der Waals surface area (Å²) < 4.78 is 29.2. The number of pyridine rings is 4. The number of anilines is 2. The Morgan fingerprint density at radius 2 is 1.06 bits per heavy atom. The van der Waals surface area contributed by atoms with Gasteiger partial charge in [-0.1, -0.05) is 42.5 Å². The van der Waals surface area contributed by atoms with Gasteiger partial charge in [-0.3, -0.25) is 14.4 Å². The molecule has 12 rings (SSSR count). The Kier molecular flexibility index (Phi) is 18.0. The predicted molar refractivity (Wildman–Crippen MR) is 317 cm³/mol. The molecule has 4 aliphatic rings. The average Bonchev–Trinajstić information content (AvgIpc) is 4.33. The lowest BCUT2D eigenvalue weighted by Gasteiger charge is -2.18. The number of hydrogen-bond donors (Lipinski definition) is 5. The Labute approximate surface area is 489 Å². The van der Waals surface area contributed by atoms with Crippen LogP contribution in [0.5, 0.6) is 0 Å². The lowest BCUT2D eigenvalue weighted by atomic mass is 9.94. The molecule has 3 aliphatic heterocycles. The van der Waals surface area contributed by atoms with Crippen LogP contribution in [0.2, 0.25) is 0 Å². The van der Waals surface area contributed by atoms with Gasteiger partial charge in [0.2, 0.25) is 0 Å². The normalized spacial score (nSPS) is 13.9. The smallest absolute Gasteiger partial charge is 0.377 e. The molecule has 1 fully saturated rings. The molecule has 0 atom stereocenters. The van der Waals surface area contributed by atoms with Crippen LogP contribution in [0.15, 0.2) is 154 Å². The number of hydrogen-bond acceptors (Lipinski definition) is 15. The summed E-state index contributed by atoms with van der Waals surface area (Å²) in [7, 11) is -3.24. The number of benzene rings is 4. The molecule has 81 heavy (non-hydrogen) atoms. The van der Waals surface area contributed by atoms with Gasteiger partial charge in [-0.2, -0.15) is 0 Å². The number of nitrogen functional groups attached to an aromatic ring is 1. The number of fused-ring (bicyclic) bond motifs is 3. The Balaban J connectivity index is 0.000000139. The predicted octanol–water partition coefficient (Wildman–Crippen LogP) is 10.7. The van der Waals surface area contributed by atoms with Crippen LogP contribution >= 0.6 is 48.0 Å². The highest BCUT2D eigenvalue weighted by Gasteiger charge is 2.29. The number of nitro groups is 2. The molecule has 4 aromatic carbocycles. The number of nitrogens with one attached hydrogen (secondary N) is 4. The van der Waals surface area contributed by atoms with E-state index in [1.165, 1.54) is 12.4 Å². The summed E-state index contributed by atoms with van der Waals surface area (Å²) in [6.45, 7) is 1.90. The third-order valence-corrected chi connectivity index (χ3v) is 16.8. The number of rotatable bonds is 10. The summed E-state index contributed by atoms with van der Waals surface area (Å²) in [4.78, 5) is 71.9. The SMILES string of the molecule is Nc1ncc(-c2ccc(S(=O)(=O)CC3CC3)cc2)cc1-c1ccc2c(c1)CCNC2=O.O=C1NCCc2cc(-c3cc(Br)cnc3NBr)ccc21.O=C1NCCc2cc(-c3cccnc3[N+](=O)[O-])ccc21.O=[N+]([O-])c1ncccc1Br. The first-order valence-corrected chi connectivity index (χ1v) is 29.2. The van der Waals surface area contributed by atoms with Crippen LogP contribution < -0.4 is 26.0 Å². The standard InChI is InChI=1S/C24H23N3O3S.C14H11Br2N3O.C14H11N3O3.C5H3BrN2O2/c25-23-22(17-5-8-21-18(11-17)9-10-26-24(21)28)12-19(13-27-23)16-3-6-20(7-4-16)31(29,30)14-15-1-2-15;15-10-6-12(13(19-16)18-7-10)8-1-2-11-9(5-8)3-4-17-14(11)20;18-14-12-4-3-9(8-10(12)5-7-16-14)11-2-1-6-15-13(11)17(19)20;6-4-2-1-3-7-5(4)8(9)10/h3-8,11-13,15H,1-2,9-10,14H2,(H2,25,27)(H,26,28);1-2,5-7H,3-4H2,(H,17,20)(H,18,19);1-4,6,8H,5,7H2,(H,16,18);1-3H. The van der Waals surface area contributed by atoms with Crippen LogP contribution in [0.4, 0.5) is 23.3 Å². The lowest BCUT2D eigenvalue weighted by Crippen LogP contribution is -2.31. The quantitative estimate of drug-likeness (QED) is 0.0483. The molecular weight excluding hydrogens is 1250 g/mol. The molecule has 4 aromatic heterocycles. The average molecular weight is 1300 g/mol. The molecule has 0 radical (unpaired) electrons. The van der Waals surface area contributed by atoms with E-state index in [9.17, 15) is 43.0 Å². The van der Waals surface area contributed by atoms with E-state index in [0.717, 1.165) is 98.0 Å². The van der Waals surface area contributed by atoms with E-state index in [2.05, 4.69) is 94.3 Å². The third-order valence-electron chi connectivity index (χ3n) is 13.5. The topological polar surface area (TPSA) is 297 Å². The van der Waals surface area contributed by atoms with Crippen LogP contribution in [0.3, 0.4) is 0 Å². The van der Waals surface area contributed by atoms with Gasteiger partial charge in [0.25, 0.3) is 17.7 Å². The molecule has 0 spiro atoms. The molecule has 6 N–H and O–H groups in total. The third kappa shape index (κ3) is 13.8. The van der Waals surface area contributed by atoms with E-state index >= 15 is 0 Å². The first kappa shape index (κ1) is 57.4. The van der Waals surface area contributed by atoms with Gasteiger partial charge < -0.3 is 46.3 Å². The molecule has 1 saturated carbocycles. The van der Waals surface area contributed by atoms with E-state index in [4.69, 9.17) is 5.73 Å². The molecule has 0 saturated heterocycles. The largest absolute Gasteiger partial charge is 0.383 e. The van der Waals surface area contributed by atoms with Gasteiger partial charge in [0.15, 0.2) is 9.84 Å². The molecule has 24 heteroatoms. The van der Waals surface area contributed by atoms with Gasteiger partial charge in [-0.25, -0.2) is 18.4 Å². The second-order valence-corrected chi connectivity index (χ2v) is 23.1. The van der Waals surface area contributed by atoms with Crippen molar-refractivity contribution in [2.24, 2.45) is 5.92 Å². The van der Waals surface area contributed by atoms with Gasteiger partial charge >= 0.3 is 11.6 Å². The van der Waals surface area contributed by atoms with E-state index < -0.39 is 19.7 Å². The monoisotopic (exact) mass is 1300 g/mol. The van der Waals surface area contributed by atoms with Crippen LogP contribution in [-0.4, -0.2) is 81.3 Å². The second kappa shape index (κ2) is 25.4. The van der Waals surface area contributed by atoms with Crippen molar-refractivity contribution in [1.82, 2.24) is 35.9 Å². The van der Waals surface area contributed by atoms with E-state index in [0.29, 0.717) is 63.0 Å². The minimum atomic E-state index is -3.24. The summed E-state index contributed by atoms with van der Waals surface area (Å²) in [5, 5.41) is 29.6. The summed E-state index contributed by atoms with van der Waals surface area (Å²) in [6.07, 6.45) is 10.6. The molecule has 8 aromatic rings. The minimum Gasteiger partial charge on any atom is -0.383 e. The molecule has 412 valence electrons. The van der Waals surface area contributed by atoms with Crippen LogP contribution in [-0.2, 0) is 29.1 Å². The zero-order valence-electron chi connectivity index (χ0n) is 42.7. The van der Waals surface area contributed by atoms with Gasteiger partial charge in [0, 0.05) is 86.0 Å². The van der Waals surface area contributed by atoms with Crippen molar-refractivity contribution in [3.63, 3.8) is 0 Å². The fourth-order valence-corrected chi connectivity index (χ4v) is 12.0. The van der Waals surface area contributed by atoms with Crippen molar-refractivity contribution in [3.05, 3.63) is 203 Å². The number of nitrogens with two attached hydrogens (primary N) is 1. The zero-order valence-corrected chi connectivity index (χ0v) is 48.3. The highest BCUT2D eigenvalue weighted by Crippen LogP contribution is 2.36. The molecule has 20 nitrogen and oxygen atoms in total. The summed E-state index contributed by atoms with van der Waals surface area (Å²) in [6, 6.07) is 34.3. The Hall–Kier alpha value is -8.32. The number of halogens is 3. The highest BCUT2D eigenvalue weighted by atomic mass is 79.9. The van der Waals surface area contributed by atoms with Gasteiger partial charge in [-0.05, 0) is 201 Å². The van der Waals surface area contributed by atoms with Gasteiger partial charge in [0.05, 0.1) is 16.2 Å². The number of nitrogens with zero attached hydrogens (tertiary/aromatic N) is 6. The van der Waals surface area contributed by atoms with E-state index in [-0.39, 0.29) is 35.1 Å². The first-order chi connectivity index (χ1) is 39.0. The lowest BCUT2D eigenvalue weighted by molar-refractivity contribution is -0.390. The number of aromatic nitrogens is 4. The molecule has 3 amide bonds. The zero-order chi connectivity index (χ0) is 57.4. The number of sulfone groups is 1. The van der Waals surface area contributed by atoms with Crippen molar-refractivity contribution in [1.29, 1.82) is 0 Å². The number of amides is 3. The number of carbonyl (C=O) groups excluding carboxylic acids is 3. The fourth-order valence-electron chi connectivity index (χ4n) is 9.21. The summed E-state index contributed by atoms with van der Waals surface area (Å²) in [5.74, 6) is 1.23. The maximum atomic E-state index is 12.5. The maximum Gasteiger partial charge on any atom is 0.377 e. The van der Waals surface area contributed by atoms with Crippen LogP contribution in [0, 0.1) is 26.1 Å². The second-order valence-electron chi connectivity index (χ2n) is 18.9. The minimum absolute atomic E-state index is 0.00371. The Morgan fingerprint density at radius 1 is 0.568 bits per heavy atom. The molecular formula is C57H48Br3N11O9S. The van der Waals surface area contributed by atoms with Crippen molar-refractivity contribution in [2.45, 2.75) is 37.0 Å². The van der Waals surface area contributed by atoms with Crippen molar-refractivity contribution in [2.75, 3.05) is 35.5 Å². The molecule has 7 heterocycles. The van der Waals surface area contributed by atoms with Crippen molar-refractivity contribution < 1.29 is 32.6 Å². The maximum absolute atomic E-state index is 12.5. The van der Waals surface area contributed by atoms with Crippen molar-refractivity contribution in [3.8, 4) is 44.5 Å². The fraction of sp³-hybridized carbons (Fsp3) is 0.175. The Morgan fingerprint density at radius 3 is 1.56 bits per heavy atom. The molecule has 0 bridgehead atoms. The molecule has 0 unspecified atom stereocenters. The van der Waals surface area contributed by atoms with Gasteiger partial charge in [0.1, 0.15) is 28.5 Å². The van der Waals surface area contributed by atoms with Gasteiger partial charge in [-0.15, -0.1) is 0 Å². The summed E-state index contributed by atoms with van der Waals surface area (Å²) in [5.41, 5.74) is 17.8. The van der Waals surface area contributed by atoms with E-state index in [1.807, 2.05) is 60.7 Å². The Bertz CT molecular complexity index is 3890.